The maximum atomic E-state index is 15.7. The summed E-state index contributed by atoms with van der Waals surface area (Å²) in [7, 11) is 3.25. The van der Waals surface area contributed by atoms with Gasteiger partial charge in [-0.15, -0.1) is 5.10 Å². The Labute approximate surface area is 279 Å². The van der Waals surface area contributed by atoms with E-state index in [1.54, 1.807) is 37.1 Å². The molecule has 0 spiro atoms. The molecule has 0 aliphatic heterocycles. The molecule has 0 aliphatic carbocycles. The van der Waals surface area contributed by atoms with Crippen LogP contribution < -0.4 is 19.7 Å². The first-order chi connectivity index (χ1) is 22.9. The van der Waals surface area contributed by atoms with Gasteiger partial charge in [0.15, 0.2) is 5.65 Å². The van der Waals surface area contributed by atoms with Gasteiger partial charge in [-0.05, 0) is 82.0 Å². The predicted molar refractivity (Wildman–Crippen MR) is 181 cm³/mol. The van der Waals surface area contributed by atoms with Crippen LogP contribution in [0.3, 0.4) is 0 Å². The third-order valence-electron chi connectivity index (χ3n) is 7.67. The number of hydrogen-bond donors (Lipinski definition) is 1. The third-order valence-corrected chi connectivity index (χ3v) is 8.40. The summed E-state index contributed by atoms with van der Waals surface area (Å²) in [6.07, 6.45) is 1.74. The van der Waals surface area contributed by atoms with E-state index in [4.69, 9.17) is 24.5 Å². The van der Waals surface area contributed by atoms with Crippen LogP contribution in [0.25, 0.3) is 16.9 Å². The lowest BCUT2D eigenvalue weighted by Crippen LogP contribution is -2.26. The van der Waals surface area contributed by atoms with Crippen LogP contribution in [0, 0.1) is 24.1 Å². The number of halogens is 2. The van der Waals surface area contributed by atoms with Crippen molar-refractivity contribution in [2.75, 3.05) is 24.4 Å². The molecule has 3 heterocycles. The first-order valence-corrected chi connectivity index (χ1v) is 15.5. The van der Waals surface area contributed by atoms with Gasteiger partial charge in [-0.3, -0.25) is 4.98 Å². The highest BCUT2D eigenvalue weighted by molar-refractivity contribution is 9.10. The minimum absolute atomic E-state index is 0.0829. The molecular formula is C35H30BrFN8O2. The second-order valence-corrected chi connectivity index (χ2v) is 11.5. The van der Waals surface area contributed by atoms with Crippen molar-refractivity contribution in [1.29, 1.82) is 5.26 Å². The lowest BCUT2D eigenvalue weighted by Gasteiger charge is -2.25. The zero-order valence-corrected chi connectivity index (χ0v) is 27.5. The van der Waals surface area contributed by atoms with Crippen molar-refractivity contribution in [2.24, 2.45) is 0 Å². The Morgan fingerprint density at radius 3 is 2.17 bits per heavy atom. The highest BCUT2D eigenvalue weighted by Crippen LogP contribution is 2.36. The Morgan fingerprint density at radius 1 is 0.915 bits per heavy atom. The topological polar surface area (TPSA) is 113 Å². The van der Waals surface area contributed by atoms with Crippen LogP contribution in [0.5, 0.6) is 11.5 Å². The van der Waals surface area contributed by atoms with Gasteiger partial charge in [0.1, 0.15) is 23.4 Å². The first kappa shape index (κ1) is 31.4. The summed E-state index contributed by atoms with van der Waals surface area (Å²) < 4.78 is 28.5. The predicted octanol–water partition coefficient (Wildman–Crippen LogP) is 7.10. The lowest BCUT2D eigenvalue weighted by atomic mass is 10.1. The Morgan fingerprint density at radius 2 is 1.57 bits per heavy atom. The number of aryl methyl sites for hydroxylation is 1. The summed E-state index contributed by atoms with van der Waals surface area (Å²) in [5, 5.41) is 17.7. The van der Waals surface area contributed by atoms with Gasteiger partial charge >= 0.3 is 0 Å². The SMILES string of the molecule is COc1ccc(CN(Cc2ccc(OC)cc2)c2nc(-c3cccc(C#N)c3F)c(Br)c3nc(NCc4ncccc4C)nn23)cc1. The molecule has 12 heteroatoms. The molecule has 0 radical (unpaired) electrons. The van der Waals surface area contributed by atoms with E-state index in [1.807, 2.05) is 78.6 Å². The van der Waals surface area contributed by atoms with Crippen LogP contribution in [0.2, 0.25) is 0 Å². The van der Waals surface area contributed by atoms with Crippen LogP contribution in [-0.2, 0) is 19.6 Å². The molecule has 0 atom stereocenters. The zero-order chi connectivity index (χ0) is 32.9. The number of rotatable bonds is 11. The van der Waals surface area contributed by atoms with Crippen molar-refractivity contribution in [3.63, 3.8) is 0 Å². The van der Waals surface area contributed by atoms with Crippen molar-refractivity contribution in [3.05, 3.63) is 123 Å². The molecule has 47 heavy (non-hydrogen) atoms. The molecule has 0 amide bonds. The molecule has 0 aliphatic rings. The number of nitrogens with zero attached hydrogens (tertiary/aromatic N) is 7. The number of hydrogen-bond acceptors (Lipinski definition) is 9. The molecule has 0 saturated carbocycles. The zero-order valence-electron chi connectivity index (χ0n) is 25.9. The number of ether oxygens (including phenoxy) is 2. The highest BCUT2D eigenvalue weighted by atomic mass is 79.9. The van der Waals surface area contributed by atoms with Crippen LogP contribution >= 0.6 is 15.9 Å². The fourth-order valence-electron chi connectivity index (χ4n) is 5.12. The fourth-order valence-corrected chi connectivity index (χ4v) is 5.68. The summed E-state index contributed by atoms with van der Waals surface area (Å²) >= 11 is 3.65. The van der Waals surface area contributed by atoms with Gasteiger partial charge in [0.05, 0.1) is 42.2 Å². The molecule has 0 saturated heterocycles. The summed E-state index contributed by atoms with van der Waals surface area (Å²) in [5.41, 5.74) is 4.65. The first-order valence-electron chi connectivity index (χ1n) is 14.7. The van der Waals surface area contributed by atoms with Gasteiger partial charge < -0.3 is 19.7 Å². The van der Waals surface area contributed by atoms with Crippen LogP contribution in [0.4, 0.5) is 16.3 Å². The van der Waals surface area contributed by atoms with E-state index in [1.165, 1.54) is 6.07 Å². The van der Waals surface area contributed by atoms with Gasteiger partial charge in [0.2, 0.25) is 11.9 Å². The number of benzene rings is 3. The van der Waals surface area contributed by atoms with E-state index in [0.717, 1.165) is 33.9 Å². The number of fused-ring (bicyclic) bond motifs is 1. The number of pyridine rings is 1. The number of nitrogens with one attached hydrogen (secondary N) is 1. The number of anilines is 2. The van der Waals surface area contributed by atoms with E-state index in [0.29, 0.717) is 41.7 Å². The number of methoxy groups -OCH3 is 2. The second-order valence-electron chi connectivity index (χ2n) is 10.7. The lowest BCUT2D eigenvalue weighted by molar-refractivity contribution is 0.414. The van der Waals surface area contributed by atoms with Gasteiger partial charge in [0.25, 0.3) is 0 Å². The van der Waals surface area contributed by atoms with Crippen molar-refractivity contribution < 1.29 is 13.9 Å². The van der Waals surface area contributed by atoms with E-state index >= 15 is 4.39 Å². The molecule has 6 aromatic rings. The molecule has 0 fully saturated rings. The molecule has 1 N–H and O–H groups in total. The summed E-state index contributed by atoms with van der Waals surface area (Å²) in [6.45, 7) is 3.24. The smallest absolute Gasteiger partial charge is 0.243 e. The number of nitriles is 1. The largest absolute Gasteiger partial charge is 0.497 e. The van der Waals surface area contributed by atoms with E-state index in [9.17, 15) is 5.26 Å². The Kier molecular flexibility index (Phi) is 9.26. The van der Waals surface area contributed by atoms with E-state index in [-0.39, 0.29) is 16.8 Å². The molecule has 3 aromatic carbocycles. The highest BCUT2D eigenvalue weighted by Gasteiger charge is 2.24. The summed E-state index contributed by atoms with van der Waals surface area (Å²) in [4.78, 5) is 16.3. The van der Waals surface area contributed by atoms with Crippen LogP contribution in [-0.4, -0.2) is 38.8 Å². The van der Waals surface area contributed by atoms with Gasteiger partial charge in [-0.2, -0.15) is 14.8 Å². The van der Waals surface area contributed by atoms with E-state index in [2.05, 4.69) is 26.2 Å². The normalized spacial score (nSPS) is 10.9. The minimum atomic E-state index is -0.668. The standard InChI is InChI=1S/C35H30BrFN8O2/c1-22-6-5-17-39-29(22)19-40-34-42-33-30(36)32(28-8-4-7-25(18-38)31(28)37)41-35(45(33)43-34)44(20-23-9-13-26(46-2)14-10-23)21-24-11-15-27(47-3)16-12-24/h4-17H,19-21H2,1-3H3,(H,40,43). The second kappa shape index (κ2) is 13.8. The van der Waals surface area contributed by atoms with Crippen LogP contribution in [0.1, 0.15) is 27.9 Å². The Balaban J connectivity index is 1.51. The summed E-state index contributed by atoms with van der Waals surface area (Å²) in [6, 6.07) is 26.0. The maximum absolute atomic E-state index is 15.7. The molecule has 236 valence electrons. The molecular weight excluding hydrogens is 663 g/mol. The van der Waals surface area contributed by atoms with Gasteiger partial charge in [0, 0.05) is 24.8 Å². The molecule has 10 nitrogen and oxygen atoms in total. The van der Waals surface area contributed by atoms with Crippen molar-refractivity contribution in [2.45, 2.75) is 26.6 Å². The quantitative estimate of drug-likeness (QED) is 0.152. The molecule has 0 bridgehead atoms. The average molecular weight is 694 g/mol. The third kappa shape index (κ3) is 6.71. The minimum Gasteiger partial charge on any atom is -0.497 e. The van der Waals surface area contributed by atoms with Crippen molar-refractivity contribution in [1.82, 2.24) is 24.6 Å². The molecule has 6 rings (SSSR count). The van der Waals surface area contributed by atoms with Gasteiger partial charge in [-0.25, -0.2) is 9.37 Å². The Hall–Kier alpha value is -5.54. The monoisotopic (exact) mass is 692 g/mol. The number of aromatic nitrogens is 5. The van der Waals surface area contributed by atoms with E-state index < -0.39 is 5.82 Å². The summed E-state index contributed by atoms with van der Waals surface area (Å²) in [5.74, 6) is 1.57. The Bertz CT molecular complexity index is 2030. The van der Waals surface area contributed by atoms with Crippen molar-refractivity contribution >= 4 is 33.5 Å². The molecule has 0 unspecified atom stereocenters. The maximum Gasteiger partial charge on any atom is 0.243 e. The van der Waals surface area contributed by atoms with Crippen LogP contribution in [0.15, 0.2) is 89.5 Å². The van der Waals surface area contributed by atoms with Crippen molar-refractivity contribution in [3.8, 4) is 28.8 Å². The van der Waals surface area contributed by atoms with Gasteiger partial charge in [-0.1, -0.05) is 36.4 Å². The fraction of sp³-hybridized carbons (Fsp3) is 0.171. The average Bonchev–Trinajstić information content (AvgIpc) is 3.54. The molecule has 3 aromatic heterocycles.